The van der Waals surface area contributed by atoms with Crippen molar-refractivity contribution in [3.8, 4) is 0 Å². The van der Waals surface area contributed by atoms with Gasteiger partial charge in [-0.15, -0.1) is 0 Å². The van der Waals surface area contributed by atoms with Gasteiger partial charge in [-0.3, -0.25) is 0 Å². The Morgan fingerprint density at radius 3 is 2.62 bits per heavy atom. The maximum Gasteiger partial charge on any atom is 0.124 e. The van der Waals surface area contributed by atoms with E-state index in [0.717, 1.165) is 5.56 Å². The molecule has 0 unspecified atom stereocenters. The molecule has 0 spiro atoms. The van der Waals surface area contributed by atoms with Crippen molar-refractivity contribution >= 4 is 0 Å². The van der Waals surface area contributed by atoms with Crippen LogP contribution in [0.2, 0.25) is 0 Å². The first-order valence-electron chi connectivity index (χ1n) is 2.42. The standard InChI is InChI=1S/C7H6F/c1-6-3-2-4-7(8)5-6/h3-5H,1H3. The Morgan fingerprint density at radius 1 is 1.50 bits per heavy atom. The van der Waals surface area contributed by atoms with E-state index < -0.39 is 0 Å². The SMILES string of the molecule is Cc1c[c]cc(F)c1. The highest BCUT2D eigenvalue weighted by Gasteiger charge is 1.85. The molecule has 0 amide bonds. The quantitative estimate of drug-likeness (QED) is 0.477. The number of benzene rings is 1. The van der Waals surface area contributed by atoms with Gasteiger partial charge in [0.1, 0.15) is 5.82 Å². The fraction of sp³-hybridized carbons (Fsp3) is 0.143. The summed E-state index contributed by atoms with van der Waals surface area (Å²) in [5.74, 6) is -0.218. The highest BCUT2D eigenvalue weighted by Crippen LogP contribution is 1.98. The maximum absolute atomic E-state index is 12.1. The minimum absolute atomic E-state index is 0.218. The van der Waals surface area contributed by atoms with Crippen LogP contribution in [0.4, 0.5) is 4.39 Å². The number of hydrogen-bond donors (Lipinski definition) is 0. The Kier molecular flexibility index (Phi) is 1.29. The summed E-state index contributed by atoms with van der Waals surface area (Å²) < 4.78 is 12.1. The van der Waals surface area contributed by atoms with Crippen LogP contribution in [-0.4, -0.2) is 0 Å². The normalized spacial score (nSPS) is 9.25. The lowest BCUT2D eigenvalue weighted by Crippen LogP contribution is -1.73. The average Bonchev–Trinajstić information content (AvgIpc) is 1.64. The summed E-state index contributed by atoms with van der Waals surface area (Å²) in [5.41, 5.74) is 0.907. The van der Waals surface area contributed by atoms with E-state index in [-0.39, 0.29) is 5.82 Å². The maximum atomic E-state index is 12.1. The molecule has 0 aliphatic carbocycles. The first kappa shape index (κ1) is 5.29. The van der Waals surface area contributed by atoms with E-state index in [9.17, 15) is 4.39 Å². The van der Waals surface area contributed by atoms with Crippen molar-refractivity contribution in [2.75, 3.05) is 0 Å². The fourth-order valence-electron chi connectivity index (χ4n) is 0.554. The van der Waals surface area contributed by atoms with E-state index in [1.165, 1.54) is 12.1 Å². The van der Waals surface area contributed by atoms with Gasteiger partial charge in [-0.2, -0.15) is 0 Å². The molecule has 0 saturated carbocycles. The van der Waals surface area contributed by atoms with Gasteiger partial charge in [-0.25, -0.2) is 4.39 Å². The highest BCUT2D eigenvalue weighted by atomic mass is 19.1. The Bertz CT molecular complexity index is 164. The van der Waals surface area contributed by atoms with Gasteiger partial charge in [0.05, 0.1) is 0 Å². The topological polar surface area (TPSA) is 0 Å². The molecule has 0 aromatic heterocycles. The van der Waals surface area contributed by atoms with Crippen LogP contribution in [0.3, 0.4) is 0 Å². The van der Waals surface area contributed by atoms with Crippen LogP contribution < -0.4 is 0 Å². The second-order valence-corrected chi connectivity index (χ2v) is 1.73. The molecule has 1 aromatic rings. The zero-order valence-electron chi connectivity index (χ0n) is 4.61. The minimum Gasteiger partial charge on any atom is -0.207 e. The minimum atomic E-state index is -0.218. The molecule has 0 atom stereocenters. The third-order valence-electron chi connectivity index (χ3n) is 0.898. The summed E-state index contributed by atoms with van der Waals surface area (Å²) in [6.07, 6.45) is 0. The van der Waals surface area contributed by atoms with Gasteiger partial charge in [0.15, 0.2) is 0 Å². The number of hydrogen-bond acceptors (Lipinski definition) is 0. The summed E-state index contributed by atoms with van der Waals surface area (Å²) in [6, 6.07) is 7.17. The van der Waals surface area contributed by atoms with Crippen molar-refractivity contribution < 1.29 is 4.39 Å². The molecule has 41 valence electrons. The first-order chi connectivity index (χ1) is 3.79. The van der Waals surface area contributed by atoms with Gasteiger partial charge >= 0.3 is 0 Å². The molecule has 0 aliphatic rings. The predicted molar refractivity (Wildman–Crippen MR) is 30.0 cm³/mol. The zero-order chi connectivity index (χ0) is 5.98. The number of aryl methyl sites for hydroxylation is 1. The molecular formula is C7H6F. The summed E-state index contributed by atoms with van der Waals surface area (Å²) >= 11 is 0. The van der Waals surface area contributed by atoms with Crippen molar-refractivity contribution in [1.29, 1.82) is 0 Å². The van der Waals surface area contributed by atoms with Crippen molar-refractivity contribution in [1.82, 2.24) is 0 Å². The lowest BCUT2D eigenvalue weighted by molar-refractivity contribution is 0.626. The largest absolute Gasteiger partial charge is 0.207 e. The van der Waals surface area contributed by atoms with Gasteiger partial charge < -0.3 is 0 Å². The van der Waals surface area contributed by atoms with Crippen LogP contribution in [0, 0.1) is 18.8 Å². The van der Waals surface area contributed by atoms with Crippen LogP contribution in [0.15, 0.2) is 18.2 Å². The van der Waals surface area contributed by atoms with E-state index in [1.807, 2.05) is 6.92 Å². The monoisotopic (exact) mass is 109 g/mol. The van der Waals surface area contributed by atoms with Gasteiger partial charge in [-0.1, -0.05) is 6.07 Å². The Labute approximate surface area is 48.0 Å². The molecule has 1 heteroatoms. The van der Waals surface area contributed by atoms with Crippen LogP contribution in [0.1, 0.15) is 5.56 Å². The van der Waals surface area contributed by atoms with Crippen LogP contribution in [0.25, 0.3) is 0 Å². The molecule has 8 heavy (non-hydrogen) atoms. The predicted octanol–water partition coefficient (Wildman–Crippen LogP) is 1.93. The molecule has 0 heterocycles. The summed E-state index contributed by atoms with van der Waals surface area (Å²) in [5, 5.41) is 0. The number of rotatable bonds is 0. The Hall–Kier alpha value is -0.850. The van der Waals surface area contributed by atoms with Crippen LogP contribution in [-0.2, 0) is 0 Å². The summed E-state index contributed by atoms with van der Waals surface area (Å²) in [7, 11) is 0. The zero-order valence-corrected chi connectivity index (χ0v) is 4.61. The van der Waals surface area contributed by atoms with Gasteiger partial charge in [0, 0.05) is 0 Å². The van der Waals surface area contributed by atoms with Crippen LogP contribution >= 0.6 is 0 Å². The molecular weight excluding hydrogens is 103 g/mol. The van der Waals surface area contributed by atoms with Gasteiger partial charge in [0.25, 0.3) is 0 Å². The second kappa shape index (κ2) is 1.95. The summed E-state index contributed by atoms with van der Waals surface area (Å²) in [4.78, 5) is 0. The second-order valence-electron chi connectivity index (χ2n) is 1.73. The van der Waals surface area contributed by atoms with E-state index in [4.69, 9.17) is 0 Å². The fourth-order valence-corrected chi connectivity index (χ4v) is 0.554. The Morgan fingerprint density at radius 2 is 2.25 bits per heavy atom. The molecule has 0 fully saturated rings. The third-order valence-corrected chi connectivity index (χ3v) is 0.898. The van der Waals surface area contributed by atoms with Crippen molar-refractivity contribution in [3.63, 3.8) is 0 Å². The van der Waals surface area contributed by atoms with Crippen molar-refractivity contribution in [2.45, 2.75) is 6.92 Å². The molecule has 1 rings (SSSR count). The highest BCUT2D eigenvalue weighted by molar-refractivity contribution is 5.12. The molecule has 0 nitrogen and oxygen atoms in total. The molecule has 0 saturated heterocycles. The van der Waals surface area contributed by atoms with Crippen LogP contribution in [0.5, 0.6) is 0 Å². The van der Waals surface area contributed by atoms with E-state index in [0.29, 0.717) is 0 Å². The summed E-state index contributed by atoms with van der Waals surface area (Å²) in [6.45, 7) is 1.83. The Balaban J connectivity index is 3.08. The third kappa shape index (κ3) is 1.06. The first-order valence-corrected chi connectivity index (χ1v) is 2.42. The molecule has 0 aliphatic heterocycles. The average molecular weight is 109 g/mol. The lowest BCUT2D eigenvalue weighted by atomic mass is 10.2. The lowest BCUT2D eigenvalue weighted by Gasteiger charge is -1.86. The molecule has 1 radical (unpaired) electrons. The molecule has 0 N–H and O–H groups in total. The molecule has 1 aromatic carbocycles. The van der Waals surface area contributed by atoms with Crippen molar-refractivity contribution in [3.05, 3.63) is 35.6 Å². The van der Waals surface area contributed by atoms with E-state index >= 15 is 0 Å². The number of halogens is 1. The van der Waals surface area contributed by atoms with Gasteiger partial charge in [0.2, 0.25) is 0 Å². The van der Waals surface area contributed by atoms with E-state index in [2.05, 4.69) is 6.07 Å². The van der Waals surface area contributed by atoms with E-state index in [1.54, 1.807) is 6.07 Å². The van der Waals surface area contributed by atoms with Gasteiger partial charge in [-0.05, 0) is 30.7 Å². The smallest absolute Gasteiger partial charge is 0.124 e. The van der Waals surface area contributed by atoms with Crippen molar-refractivity contribution in [2.24, 2.45) is 0 Å². The molecule has 0 bridgehead atoms.